The minimum atomic E-state index is 0.384. The molecule has 0 spiro atoms. The van der Waals surface area contributed by atoms with Crippen molar-refractivity contribution < 1.29 is 4.74 Å². The lowest BCUT2D eigenvalue weighted by Gasteiger charge is -2.35. The maximum Gasteiger partial charge on any atom is 0.135 e. The predicted octanol–water partition coefficient (Wildman–Crippen LogP) is 2.23. The largest absolute Gasteiger partial charge is 0.381 e. The Morgan fingerprint density at radius 1 is 1.28 bits per heavy atom. The van der Waals surface area contributed by atoms with E-state index in [1.807, 2.05) is 7.05 Å². The van der Waals surface area contributed by atoms with Crippen LogP contribution in [-0.2, 0) is 4.74 Å². The highest BCUT2D eigenvalue weighted by Gasteiger charge is 2.30. The summed E-state index contributed by atoms with van der Waals surface area (Å²) in [6.07, 6.45) is 4.10. The highest BCUT2D eigenvalue weighted by atomic mass is 16.5. The lowest BCUT2D eigenvalue weighted by Crippen LogP contribution is -2.40. The topological polar surface area (TPSA) is 59.1 Å². The van der Waals surface area contributed by atoms with Crippen LogP contribution in [0.15, 0.2) is 6.33 Å². The second-order valence-corrected chi connectivity index (χ2v) is 5.06. The van der Waals surface area contributed by atoms with Crippen LogP contribution in [0.2, 0.25) is 0 Å². The van der Waals surface area contributed by atoms with Crippen LogP contribution in [0.25, 0.3) is 0 Å². The van der Waals surface area contributed by atoms with Gasteiger partial charge in [0, 0.05) is 25.8 Å². The number of ether oxygens (including phenoxy) is 1. The number of hydrogen-bond acceptors (Lipinski definition) is 5. The molecule has 1 heterocycles. The van der Waals surface area contributed by atoms with Gasteiger partial charge >= 0.3 is 0 Å². The maximum atomic E-state index is 5.29. The number of anilines is 2. The molecule has 0 atom stereocenters. The van der Waals surface area contributed by atoms with Gasteiger partial charge in [-0.2, -0.15) is 0 Å². The van der Waals surface area contributed by atoms with Crippen molar-refractivity contribution in [1.29, 1.82) is 0 Å². The standard InChI is InChI=1S/C13H22N4O/c1-8(2)11-12(14-3)15-7-16-13(11)17-9-5-10(6-9)18-4/h7-10H,5-6H2,1-4H3,(H2,14,15,16,17). The molecule has 2 N–H and O–H groups in total. The van der Waals surface area contributed by atoms with Crippen LogP contribution < -0.4 is 10.6 Å². The molecule has 1 aromatic rings. The first-order valence-electron chi connectivity index (χ1n) is 6.47. The Balaban J connectivity index is 2.12. The maximum absolute atomic E-state index is 5.29. The van der Waals surface area contributed by atoms with Crippen LogP contribution in [0, 0.1) is 0 Å². The zero-order valence-corrected chi connectivity index (χ0v) is 11.5. The lowest BCUT2D eigenvalue weighted by atomic mass is 9.89. The normalized spacial score (nSPS) is 22.7. The molecule has 0 bridgehead atoms. The van der Waals surface area contributed by atoms with Gasteiger partial charge in [-0.15, -0.1) is 0 Å². The number of hydrogen-bond donors (Lipinski definition) is 2. The first kappa shape index (κ1) is 13.1. The van der Waals surface area contributed by atoms with E-state index < -0.39 is 0 Å². The molecule has 5 nitrogen and oxygen atoms in total. The smallest absolute Gasteiger partial charge is 0.135 e. The minimum Gasteiger partial charge on any atom is -0.381 e. The summed E-state index contributed by atoms with van der Waals surface area (Å²) in [5, 5.41) is 6.63. The molecule has 1 aliphatic carbocycles. The van der Waals surface area contributed by atoms with Crippen molar-refractivity contribution in [2.75, 3.05) is 24.8 Å². The summed E-state index contributed by atoms with van der Waals surface area (Å²) in [4.78, 5) is 8.65. The quantitative estimate of drug-likeness (QED) is 0.839. The molecule has 0 aromatic carbocycles. The van der Waals surface area contributed by atoms with E-state index >= 15 is 0 Å². The predicted molar refractivity (Wildman–Crippen MR) is 73.1 cm³/mol. The van der Waals surface area contributed by atoms with Crippen molar-refractivity contribution in [2.45, 2.75) is 44.8 Å². The van der Waals surface area contributed by atoms with Crippen molar-refractivity contribution >= 4 is 11.6 Å². The third kappa shape index (κ3) is 2.56. The van der Waals surface area contributed by atoms with E-state index in [2.05, 4.69) is 34.4 Å². The van der Waals surface area contributed by atoms with E-state index in [4.69, 9.17) is 4.74 Å². The minimum absolute atomic E-state index is 0.384. The van der Waals surface area contributed by atoms with Gasteiger partial charge in [0.25, 0.3) is 0 Å². The van der Waals surface area contributed by atoms with Crippen LogP contribution >= 0.6 is 0 Å². The van der Waals surface area contributed by atoms with Crippen molar-refractivity contribution in [2.24, 2.45) is 0 Å². The molecule has 0 amide bonds. The number of nitrogens with one attached hydrogen (secondary N) is 2. The summed E-state index contributed by atoms with van der Waals surface area (Å²) in [5.41, 5.74) is 1.15. The first-order valence-corrected chi connectivity index (χ1v) is 6.47. The van der Waals surface area contributed by atoms with Crippen molar-refractivity contribution in [1.82, 2.24) is 9.97 Å². The SMILES string of the molecule is CNc1ncnc(NC2CC(OC)C2)c1C(C)C. The third-order valence-electron chi connectivity index (χ3n) is 3.47. The Morgan fingerprint density at radius 3 is 2.50 bits per heavy atom. The molecule has 1 fully saturated rings. The van der Waals surface area contributed by atoms with Crippen LogP contribution in [0.5, 0.6) is 0 Å². The summed E-state index contributed by atoms with van der Waals surface area (Å²) in [5.74, 6) is 2.24. The van der Waals surface area contributed by atoms with Gasteiger partial charge in [0.1, 0.15) is 18.0 Å². The first-order chi connectivity index (χ1) is 8.65. The molecular formula is C13H22N4O. The Labute approximate surface area is 108 Å². The summed E-state index contributed by atoms with van der Waals surface area (Å²) in [6, 6.07) is 0.465. The van der Waals surface area contributed by atoms with Gasteiger partial charge in [0.2, 0.25) is 0 Å². The zero-order chi connectivity index (χ0) is 13.1. The van der Waals surface area contributed by atoms with Crippen molar-refractivity contribution in [3.05, 3.63) is 11.9 Å². The van der Waals surface area contributed by atoms with Crippen molar-refractivity contribution in [3.63, 3.8) is 0 Å². The van der Waals surface area contributed by atoms with Crippen LogP contribution in [-0.4, -0.2) is 36.3 Å². The third-order valence-corrected chi connectivity index (χ3v) is 3.47. The molecule has 1 aromatic heterocycles. The van der Waals surface area contributed by atoms with Crippen LogP contribution in [0.4, 0.5) is 11.6 Å². The van der Waals surface area contributed by atoms with Gasteiger partial charge in [0.15, 0.2) is 0 Å². The Hall–Kier alpha value is -1.36. The molecule has 100 valence electrons. The van der Waals surface area contributed by atoms with E-state index in [0.29, 0.717) is 18.1 Å². The van der Waals surface area contributed by atoms with E-state index in [1.54, 1.807) is 13.4 Å². The van der Waals surface area contributed by atoms with Gasteiger partial charge in [-0.05, 0) is 18.8 Å². The second-order valence-electron chi connectivity index (χ2n) is 5.06. The summed E-state index contributed by atoms with van der Waals surface area (Å²) in [6.45, 7) is 4.31. The average molecular weight is 250 g/mol. The molecule has 2 rings (SSSR count). The Bertz CT molecular complexity index is 402. The Kier molecular flexibility index (Phi) is 4.01. The van der Waals surface area contributed by atoms with Gasteiger partial charge in [0.05, 0.1) is 6.10 Å². The monoisotopic (exact) mass is 250 g/mol. The second kappa shape index (κ2) is 5.52. The summed E-state index contributed by atoms with van der Waals surface area (Å²) < 4.78 is 5.29. The highest BCUT2D eigenvalue weighted by molar-refractivity contribution is 5.59. The molecule has 18 heavy (non-hydrogen) atoms. The molecule has 1 saturated carbocycles. The fourth-order valence-electron chi connectivity index (χ4n) is 2.33. The molecule has 1 aliphatic rings. The number of nitrogens with zero attached hydrogens (tertiary/aromatic N) is 2. The number of methoxy groups -OCH3 is 1. The van der Waals surface area contributed by atoms with E-state index in [-0.39, 0.29) is 0 Å². The summed E-state index contributed by atoms with van der Waals surface area (Å²) >= 11 is 0. The fourth-order valence-corrected chi connectivity index (χ4v) is 2.33. The van der Waals surface area contributed by atoms with Crippen LogP contribution in [0.1, 0.15) is 38.2 Å². The van der Waals surface area contributed by atoms with Gasteiger partial charge in [-0.1, -0.05) is 13.8 Å². The van der Waals surface area contributed by atoms with E-state index in [1.165, 1.54) is 0 Å². The molecule has 0 aliphatic heterocycles. The van der Waals surface area contributed by atoms with Gasteiger partial charge in [-0.25, -0.2) is 9.97 Å². The molecule has 5 heteroatoms. The van der Waals surface area contributed by atoms with Crippen molar-refractivity contribution in [3.8, 4) is 0 Å². The van der Waals surface area contributed by atoms with E-state index in [0.717, 1.165) is 30.0 Å². The number of rotatable bonds is 5. The molecule has 0 unspecified atom stereocenters. The molecular weight excluding hydrogens is 228 g/mol. The molecule has 0 saturated heterocycles. The van der Waals surface area contributed by atoms with Gasteiger partial charge < -0.3 is 15.4 Å². The average Bonchev–Trinajstić information content (AvgIpc) is 2.32. The van der Waals surface area contributed by atoms with E-state index in [9.17, 15) is 0 Å². The molecule has 0 radical (unpaired) electrons. The zero-order valence-electron chi connectivity index (χ0n) is 11.5. The van der Waals surface area contributed by atoms with Gasteiger partial charge in [-0.3, -0.25) is 0 Å². The van der Waals surface area contributed by atoms with Crippen LogP contribution in [0.3, 0.4) is 0 Å². The highest BCUT2D eigenvalue weighted by Crippen LogP contribution is 2.32. The fraction of sp³-hybridized carbons (Fsp3) is 0.692. The summed E-state index contributed by atoms with van der Waals surface area (Å²) in [7, 11) is 3.66. The number of aromatic nitrogens is 2. The lowest BCUT2D eigenvalue weighted by molar-refractivity contribution is 0.0327. The Morgan fingerprint density at radius 2 is 1.94 bits per heavy atom.